The highest BCUT2D eigenvalue weighted by atomic mass is 16.5. The first-order chi connectivity index (χ1) is 12.3. The number of nitrogens with zero attached hydrogens (tertiary/aromatic N) is 2. The van der Waals surface area contributed by atoms with Crippen molar-refractivity contribution in [3.8, 4) is 5.88 Å². The zero-order valence-electron chi connectivity index (χ0n) is 14.5. The van der Waals surface area contributed by atoms with Gasteiger partial charge in [-0.3, -0.25) is 4.99 Å². The highest BCUT2D eigenvalue weighted by Crippen LogP contribution is 2.17. The second-order valence-electron chi connectivity index (χ2n) is 5.63. The first-order valence-corrected chi connectivity index (χ1v) is 8.29. The van der Waals surface area contributed by atoms with Crippen LogP contribution in [0.2, 0.25) is 0 Å². The van der Waals surface area contributed by atoms with Gasteiger partial charge in [0, 0.05) is 36.8 Å². The topological polar surface area (TPSA) is 74.3 Å². The van der Waals surface area contributed by atoms with E-state index in [1.807, 2.05) is 24.3 Å². The number of aromatic nitrogens is 2. The minimum absolute atomic E-state index is 0.587. The van der Waals surface area contributed by atoms with Crippen molar-refractivity contribution in [2.75, 3.05) is 20.7 Å². The number of hydrogen-bond acceptors (Lipinski definition) is 3. The number of pyridine rings is 1. The van der Waals surface area contributed by atoms with E-state index < -0.39 is 0 Å². The normalized spacial score (nSPS) is 11.5. The molecule has 0 aliphatic heterocycles. The van der Waals surface area contributed by atoms with E-state index >= 15 is 0 Å². The van der Waals surface area contributed by atoms with Crippen LogP contribution >= 0.6 is 0 Å². The average Bonchev–Trinajstić information content (AvgIpc) is 3.08. The van der Waals surface area contributed by atoms with Crippen molar-refractivity contribution < 1.29 is 4.74 Å². The Morgan fingerprint density at radius 3 is 2.88 bits per heavy atom. The SMILES string of the molecule is CN=C(NCCc1c[nH]c2ccccc12)NCc1cccc(OC)n1. The number of aromatic amines is 1. The first-order valence-electron chi connectivity index (χ1n) is 8.29. The number of ether oxygens (including phenoxy) is 1. The summed E-state index contributed by atoms with van der Waals surface area (Å²) in [6, 6.07) is 14.0. The zero-order chi connectivity index (χ0) is 17.5. The molecule has 3 aromatic rings. The van der Waals surface area contributed by atoms with E-state index in [1.165, 1.54) is 16.5 Å². The summed E-state index contributed by atoms with van der Waals surface area (Å²) in [4.78, 5) is 11.9. The lowest BCUT2D eigenvalue weighted by Gasteiger charge is -2.11. The number of benzene rings is 1. The van der Waals surface area contributed by atoms with Crippen molar-refractivity contribution in [1.29, 1.82) is 0 Å². The van der Waals surface area contributed by atoms with Crippen molar-refractivity contribution in [3.05, 3.63) is 59.9 Å². The number of fused-ring (bicyclic) bond motifs is 1. The summed E-state index contributed by atoms with van der Waals surface area (Å²) < 4.78 is 5.14. The van der Waals surface area contributed by atoms with Gasteiger partial charge in [-0.2, -0.15) is 0 Å². The van der Waals surface area contributed by atoms with Gasteiger partial charge in [0.15, 0.2) is 5.96 Å². The monoisotopic (exact) mass is 337 g/mol. The standard InChI is InChI=1S/C19H23N5O/c1-20-19(23-13-15-6-5-9-18(24-15)25-2)21-11-10-14-12-22-17-8-4-3-7-16(14)17/h3-9,12,22H,10-11,13H2,1-2H3,(H2,20,21,23). The van der Waals surface area contributed by atoms with Crippen LogP contribution in [0.3, 0.4) is 0 Å². The molecular formula is C19H23N5O. The van der Waals surface area contributed by atoms with Crippen molar-refractivity contribution in [3.63, 3.8) is 0 Å². The third-order valence-electron chi connectivity index (χ3n) is 4.01. The number of nitrogens with one attached hydrogen (secondary N) is 3. The van der Waals surface area contributed by atoms with E-state index in [0.29, 0.717) is 12.4 Å². The maximum absolute atomic E-state index is 5.14. The Labute approximate surface area is 147 Å². The molecule has 0 amide bonds. The lowest BCUT2D eigenvalue weighted by Crippen LogP contribution is -2.38. The molecule has 2 heterocycles. The molecule has 6 nitrogen and oxygen atoms in total. The molecule has 3 N–H and O–H groups in total. The predicted molar refractivity (Wildman–Crippen MR) is 101 cm³/mol. The second-order valence-corrected chi connectivity index (χ2v) is 5.63. The number of methoxy groups -OCH3 is 1. The second kappa shape index (κ2) is 8.19. The van der Waals surface area contributed by atoms with Gasteiger partial charge in [-0.05, 0) is 24.1 Å². The Morgan fingerprint density at radius 1 is 1.16 bits per heavy atom. The number of aliphatic imine (C=N–C) groups is 1. The lowest BCUT2D eigenvalue weighted by atomic mass is 10.1. The van der Waals surface area contributed by atoms with Gasteiger partial charge in [0.05, 0.1) is 19.3 Å². The predicted octanol–water partition coefficient (Wildman–Crippen LogP) is 2.48. The Hall–Kier alpha value is -3.02. The van der Waals surface area contributed by atoms with Gasteiger partial charge in [0.25, 0.3) is 0 Å². The molecule has 6 heteroatoms. The molecule has 0 fully saturated rings. The van der Waals surface area contributed by atoms with E-state index in [1.54, 1.807) is 14.2 Å². The average molecular weight is 337 g/mol. The number of para-hydroxylation sites is 1. The Kier molecular flexibility index (Phi) is 5.51. The van der Waals surface area contributed by atoms with Gasteiger partial charge < -0.3 is 20.4 Å². The quantitative estimate of drug-likeness (QED) is 0.477. The largest absolute Gasteiger partial charge is 0.481 e. The van der Waals surface area contributed by atoms with Gasteiger partial charge in [0.1, 0.15) is 0 Å². The van der Waals surface area contributed by atoms with Crippen molar-refractivity contribution in [2.24, 2.45) is 4.99 Å². The van der Waals surface area contributed by atoms with E-state index in [0.717, 1.165) is 24.6 Å². The molecule has 25 heavy (non-hydrogen) atoms. The molecule has 0 bridgehead atoms. The third kappa shape index (κ3) is 4.29. The molecule has 130 valence electrons. The minimum atomic E-state index is 0.587. The van der Waals surface area contributed by atoms with Crippen molar-refractivity contribution in [2.45, 2.75) is 13.0 Å². The van der Waals surface area contributed by atoms with Crippen LogP contribution < -0.4 is 15.4 Å². The van der Waals surface area contributed by atoms with Gasteiger partial charge in [-0.15, -0.1) is 0 Å². The van der Waals surface area contributed by atoms with Crippen LogP contribution in [-0.2, 0) is 13.0 Å². The number of guanidine groups is 1. The molecule has 3 rings (SSSR count). The summed E-state index contributed by atoms with van der Waals surface area (Å²) in [5.74, 6) is 1.37. The molecule has 0 unspecified atom stereocenters. The zero-order valence-corrected chi connectivity index (χ0v) is 14.5. The lowest BCUT2D eigenvalue weighted by molar-refractivity contribution is 0.396. The molecule has 0 spiro atoms. The molecule has 2 aromatic heterocycles. The molecule has 1 aromatic carbocycles. The fraction of sp³-hybridized carbons (Fsp3) is 0.263. The Bertz CT molecular complexity index is 856. The number of H-pyrrole nitrogens is 1. The summed E-state index contributed by atoms with van der Waals surface area (Å²) in [5, 5.41) is 7.88. The minimum Gasteiger partial charge on any atom is -0.481 e. The van der Waals surface area contributed by atoms with Gasteiger partial charge >= 0.3 is 0 Å². The Balaban J connectivity index is 1.51. The molecule has 0 saturated carbocycles. The van der Waals surface area contributed by atoms with Crippen LogP contribution in [0.15, 0.2) is 53.7 Å². The maximum atomic E-state index is 5.14. The highest BCUT2D eigenvalue weighted by molar-refractivity contribution is 5.83. The number of rotatable bonds is 6. The van der Waals surface area contributed by atoms with Crippen molar-refractivity contribution in [1.82, 2.24) is 20.6 Å². The maximum Gasteiger partial charge on any atom is 0.213 e. The summed E-state index contributed by atoms with van der Waals surface area (Å²) in [6.45, 7) is 1.39. The van der Waals surface area contributed by atoms with Gasteiger partial charge in [0.2, 0.25) is 5.88 Å². The Morgan fingerprint density at radius 2 is 2.04 bits per heavy atom. The fourth-order valence-corrected chi connectivity index (χ4v) is 2.72. The van der Waals surface area contributed by atoms with E-state index in [9.17, 15) is 0 Å². The summed E-state index contributed by atoms with van der Waals surface area (Å²) in [6.07, 6.45) is 2.99. The third-order valence-corrected chi connectivity index (χ3v) is 4.01. The van der Waals surface area contributed by atoms with E-state index in [-0.39, 0.29) is 0 Å². The molecular weight excluding hydrogens is 314 g/mol. The molecule has 0 aliphatic carbocycles. The fourth-order valence-electron chi connectivity index (χ4n) is 2.72. The van der Waals surface area contributed by atoms with Gasteiger partial charge in [-0.25, -0.2) is 4.98 Å². The molecule has 0 saturated heterocycles. The molecule has 0 aliphatic rings. The summed E-state index contributed by atoms with van der Waals surface area (Å²) in [5.41, 5.74) is 3.37. The highest BCUT2D eigenvalue weighted by Gasteiger charge is 2.04. The van der Waals surface area contributed by atoms with Gasteiger partial charge in [-0.1, -0.05) is 24.3 Å². The van der Waals surface area contributed by atoms with Crippen LogP contribution in [0.5, 0.6) is 5.88 Å². The molecule has 0 radical (unpaired) electrons. The van der Waals surface area contributed by atoms with Crippen LogP contribution in [-0.4, -0.2) is 36.6 Å². The summed E-state index contributed by atoms with van der Waals surface area (Å²) in [7, 11) is 3.38. The van der Waals surface area contributed by atoms with Crippen LogP contribution in [0.25, 0.3) is 10.9 Å². The smallest absolute Gasteiger partial charge is 0.213 e. The summed E-state index contributed by atoms with van der Waals surface area (Å²) >= 11 is 0. The van der Waals surface area contributed by atoms with Crippen LogP contribution in [0, 0.1) is 0 Å². The van der Waals surface area contributed by atoms with E-state index in [4.69, 9.17) is 4.74 Å². The van der Waals surface area contributed by atoms with Crippen LogP contribution in [0.1, 0.15) is 11.3 Å². The first kappa shape index (κ1) is 16.8. The number of hydrogen-bond donors (Lipinski definition) is 3. The molecule has 0 atom stereocenters. The van der Waals surface area contributed by atoms with Crippen molar-refractivity contribution >= 4 is 16.9 Å². The van der Waals surface area contributed by atoms with E-state index in [2.05, 4.69) is 50.0 Å². The van der Waals surface area contributed by atoms with Crippen LogP contribution in [0.4, 0.5) is 0 Å².